The highest BCUT2D eigenvalue weighted by atomic mass is 32.2. The summed E-state index contributed by atoms with van der Waals surface area (Å²) in [5, 5.41) is 6.58. The van der Waals surface area contributed by atoms with Gasteiger partial charge < -0.3 is 18.7 Å². The first kappa shape index (κ1) is 23.9. The van der Waals surface area contributed by atoms with Crippen molar-refractivity contribution in [2.75, 3.05) is 31.4 Å². The van der Waals surface area contributed by atoms with Gasteiger partial charge in [-0.25, -0.2) is 8.42 Å². The quantitative estimate of drug-likeness (QED) is 0.479. The number of anilines is 2. The van der Waals surface area contributed by atoms with Gasteiger partial charge in [0.25, 0.3) is 10.0 Å². The first-order chi connectivity index (χ1) is 15.7. The molecule has 0 unspecified atom stereocenters. The van der Waals surface area contributed by atoms with E-state index in [0.29, 0.717) is 34.7 Å². The normalized spacial score (nSPS) is 11.1. The summed E-state index contributed by atoms with van der Waals surface area (Å²) in [6.45, 7) is 3.21. The van der Waals surface area contributed by atoms with E-state index in [4.69, 9.17) is 18.7 Å². The van der Waals surface area contributed by atoms with Crippen LogP contribution in [0.15, 0.2) is 45.8 Å². The molecule has 33 heavy (non-hydrogen) atoms. The molecule has 0 atom stereocenters. The summed E-state index contributed by atoms with van der Waals surface area (Å²) in [6.07, 6.45) is 0.506. The average molecular weight is 476 g/mol. The van der Waals surface area contributed by atoms with Gasteiger partial charge in [-0.2, -0.15) is 0 Å². The number of amides is 1. The predicted octanol–water partition coefficient (Wildman–Crippen LogP) is 3.69. The van der Waals surface area contributed by atoms with Crippen LogP contribution in [0.1, 0.15) is 19.5 Å². The molecule has 0 radical (unpaired) electrons. The van der Waals surface area contributed by atoms with E-state index in [2.05, 4.69) is 15.2 Å². The van der Waals surface area contributed by atoms with Crippen LogP contribution in [-0.4, -0.2) is 40.8 Å². The number of methoxy groups -OCH3 is 3. The lowest BCUT2D eigenvalue weighted by atomic mass is 10.0. The van der Waals surface area contributed by atoms with Gasteiger partial charge in [0.15, 0.2) is 0 Å². The van der Waals surface area contributed by atoms with Crippen LogP contribution < -0.4 is 24.2 Å². The number of carbonyl (C=O) groups is 1. The van der Waals surface area contributed by atoms with E-state index in [1.807, 2.05) is 6.92 Å². The fourth-order valence-corrected chi connectivity index (χ4v) is 4.50. The molecule has 176 valence electrons. The van der Waals surface area contributed by atoms with E-state index >= 15 is 0 Å². The van der Waals surface area contributed by atoms with Crippen LogP contribution in [-0.2, 0) is 21.2 Å². The second-order valence-corrected chi connectivity index (χ2v) is 8.56. The molecule has 1 amide bonds. The molecule has 11 heteroatoms. The maximum absolute atomic E-state index is 13.4. The van der Waals surface area contributed by atoms with Crippen molar-refractivity contribution in [3.05, 3.63) is 42.1 Å². The monoisotopic (exact) mass is 475 g/mol. The third kappa shape index (κ3) is 5.03. The topological polar surface area (TPSA) is 129 Å². The molecular weight excluding hydrogens is 450 g/mol. The SMILES string of the molecule is CCc1noc(NC(C)=O)c1-c1ccc(OC)c(S(=O)(=O)Nc2cc(OC)ccc2OC)c1. The van der Waals surface area contributed by atoms with Gasteiger partial charge in [-0.05, 0) is 36.2 Å². The summed E-state index contributed by atoms with van der Waals surface area (Å²) < 4.78 is 50.4. The largest absolute Gasteiger partial charge is 0.497 e. The number of hydrogen-bond acceptors (Lipinski definition) is 8. The molecule has 0 aliphatic rings. The van der Waals surface area contributed by atoms with E-state index in [1.165, 1.54) is 46.5 Å². The molecule has 3 rings (SSSR count). The van der Waals surface area contributed by atoms with Crippen molar-refractivity contribution in [2.45, 2.75) is 25.2 Å². The molecule has 1 aromatic heterocycles. The Balaban J connectivity index is 2.13. The Labute approximate surface area is 191 Å². The van der Waals surface area contributed by atoms with Crippen LogP contribution >= 0.6 is 0 Å². The summed E-state index contributed by atoms with van der Waals surface area (Å²) in [7, 11) is 0.152. The highest BCUT2D eigenvalue weighted by molar-refractivity contribution is 7.92. The number of aryl methyl sites for hydroxylation is 1. The zero-order chi connectivity index (χ0) is 24.2. The van der Waals surface area contributed by atoms with Crippen molar-refractivity contribution in [2.24, 2.45) is 0 Å². The van der Waals surface area contributed by atoms with Crippen LogP contribution in [0.4, 0.5) is 11.6 Å². The van der Waals surface area contributed by atoms with Gasteiger partial charge in [0.2, 0.25) is 11.8 Å². The zero-order valence-corrected chi connectivity index (χ0v) is 19.7. The molecule has 0 fully saturated rings. The van der Waals surface area contributed by atoms with Gasteiger partial charge in [-0.3, -0.25) is 14.8 Å². The van der Waals surface area contributed by atoms with E-state index in [-0.39, 0.29) is 28.1 Å². The van der Waals surface area contributed by atoms with Gasteiger partial charge in [0.1, 0.15) is 22.1 Å². The molecule has 0 aliphatic heterocycles. The summed E-state index contributed by atoms with van der Waals surface area (Å²) in [5.74, 6) is 0.683. The number of aromatic nitrogens is 1. The first-order valence-electron chi connectivity index (χ1n) is 9.93. The molecule has 2 N–H and O–H groups in total. The predicted molar refractivity (Wildman–Crippen MR) is 123 cm³/mol. The summed E-state index contributed by atoms with van der Waals surface area (Å²) in [4.78, 5) is 11.5. The van der Waals surface area contributed by atoms with Crippen molar-refractivity contribution in [1.29, 1.82) is 0 Å². The molecule has 0 saturated carbocycles. The number of ether oxygens (including phenoxy) is 3. The van der Waals surface area contributed by atoms with E-state index in [1.54, 1.807) is 18.2 Å². The molecule has 1 heterocycles. The number of nitrogens with one attached hydrogen (secondary N) is 2. The van der Waals surface area contributed by atoms with Crippen molar-refractivity contribution < 1.29 is 31.9 Å². The fraction of sp³-hybridized carbons (Fsp3) is 0.273. The van der Waals surface area contributed by atoms with Gasteiger partial charge in [-0.1, -0.05) is 18.1 Å². The molecule has 10 nitrogen and oxygen atoms in total. The Bertz CT molecular complexity index is 1270. The van der Waals surface area contributed by atoms with Crippen LogP contribution in [0.3, 0.4) is 0 Å². The molecule has 0 spiro atoms. The Morgan fingerprint density at radius 3 is 2.33 bits per heavy atom. The molecule has 0 saturated heterocycles. The Kier molecular flexibility index (Phi) is 7.12. The number of rotatable bonds is 9. The van der Waals surface area contributed by atoms with Gasteiger partial charge in [0, 0.05) is 13.0 Å². The van der Waals surface area contributed by atoms with Crippen LogP contribution in [0.2, 0.25) is 0 Å². The lowest BCUT2D eigenvalue weighted by Crippen LogP contribution is -2.15. The molecule has 0 aliphatic carbocycles. The van der Waals surface area contributed by atoms with E-state index in [9.17, 15) is 13.2 Å². The highest BCUT2D eigenvalue weighted by Gasteiger charge is 2.25. The highest BCUT2D eigenvalue weighted by Crippen LogP contribution is 2.38. The third-order valence-corrected chi connectivity index (χ3v) is 6.17. The standard InChI is InChI=1S/C22H25N3O7S/c1-6-16-21(22(32-24-16)23-13(2)26)14-7-9-19(31-5)20(11-14)33(27,28)25-17-12-15(29-3)8-10-18(17)30-4/h7-12,25H,6H2,1-5H3,(H,23,26). The minimum Gasteiger partial charge on any atom is -0.497 e. The average Bonchev–Trinajstić information content (AvgIpc) is 3.20. The van der Waals surface area contributed by atoms with Gasteiger partial charge >= 0.3 is 0 Å². The molecular formula is C22H25N3O7S. The number of nitrogens with zero attached hydrogens (tertiary/aromatic N) is 1. The molecule has 0 bridgehead atoms. The van der Waals surface area contributed by atoms with Crippen LogP contribution in [0, 0.1) is 0 Å². The Morgan fingerprint density at radius 2 is 1.73 bits per heavy atom. The second-order valence-electron chi connectivity index (χ2n) is 6.91. The number of hydrogen-bond donors (Lipinski definition) is 2. The lowest BCUT2D eigenvalue weighted by molar-refractivity contribution is -0.114. The number of sulfonamides is 1. The van der Waals surface area contributed by atoms with Crippen molar-refractivity contribution in [3.63, 3.8) is 0 Å². The first-order valence-corrected chi connectivity index (χ1v) is 11.4. The molecule has 2 aromatic carbocycles. The van der Waals surface area contributed by atoms with Gasteiger partial charge in [-0.15, -0.1) is 0 Å². The molecule has 3 aromatic rings. The Morgan fingerprint density at radius 1 is 1.03 bits per heavy atom. The van der Waals surface area contributed by atoms with E-state index < -0.39 is 10.0 Å². The second kappa shape index (κ2) is 9.82. The summed E-state index contributed by atoms with van der Waals surface area (Å²) >= 11 is 0. The van der Waals surface area contributed by atoms with E-state index in [0.717, 1.165) is 0 Å². The minimum absolute atomic E-state index is 0.121. The van der Waals surface area contributed by atoms with Gasteiger partial charge in [0.05, 0.1) is 38.3 Å². The fourth-order valence-electron chi connectivity index (χ4n) is 3.24. The minimum atomic E-state index is -4.13. The third-order valence-electron chi connectivity index (χ3n) is 4.78. The number of benzene rings is 2. The van der Waals surface area contributed by atoms with Crippen LogP contribution in [0.5, 0.6) is 17.2 Å². The smallest absolute Gasteiger partial charge is 0.265 e. The van der Waals surface area contributed by atoms with Crippen molar-refractivity contribution >= 4 is 27.5 Å². The maximum Gasteiger partial charge on any atom is 0.265 e. The summed E-state index contributed by atoms with van der Waals surface area (Å²) in [5.41, 5.74) is 1.73. The Hall–Kier alpha value is -3.73. The lowest BCUT2D eigenvalue weighted by Gasteiger charge is -2.16. The van der Waals surface area contributed by atoms with Crippen molar-refractivity contribution in [1.82, 2.24) is 5.16 Å². The number of carbonyl (C=O) groups excluding carboxylic acids is 1. The summed E-state index contributed by atoms with van der Waals surface area (Å²) in [6, 6.07) is 9.38. The van der Waals surface area contributed by atoms with Crippen LogP contribution in [0.25, 0.3) is 11.1 Å². The zero-order valence-electron chi connectivity index (χ0n) is 18.9. The maximum atomic E-state index is 13.4. The van der Waals surface area contributed by atoms with Crippen molar-refractivity contribution in [3.8, 4) is 28.4 Å².